The van der Waals surface area contributed by atoms with E-state index in [-0.39, 0.29) is 18.1 Å². The van der Waals surface area contributed by atoms with Crippen molar-refractivity contribution in [1.82, 2.24) is 5.32 Å². The Hall–Kier alpha value is -0.430. The van der Waals surface area contributed by atoms with Crippen LogP contribution in [0.15, 0.2) is 15.9 Å². The molecule has 100 valence electrons. The van der Waals surface area contributed by atoms with Gasteiger partial charge in [0.05, 0.1) is 9.89 Å². The number of carbonyl (C=O) groups is 1. The lowest BCUT2D eigenvalue weighted by Crippen LogP contribution is -2.36. The van der Waals surface area contributed by atoms with Gasteiger partial charge in [0, 0.05) is 18.0 Å². The fourth-order valence-corrected chi connectivity index (χ4v) is 3.46. The predicted molar refractivity (Wildman–Crippen MR) is 75.7 cm³/mol. The lowest BCUT2D eigenvalue weighted by molar-refractivity contribution is -0.131. The molecule has 4 nitrogen and oxygen atoms in total. The first-order valence-corrected chi connectivity index (χ1v) is 7.67. The Balaban J connectivity index is 1.69. The van der Waals surface area contributed by atoms with Crippen molar-refractivity contribution >= 4 is 33.2 Å². The number of nitrogens with two attached hydrogens (primary N) is 1. The Morgan fingerprint density at radius 1 is 1.56 bits per heavy atom. The van der Waals surface area contributed by atoms with Crippen molar-refractivity contribution in [2.24, 2.45) is 5.73 Å². The summed E-state index contributed by atoms with van der Waals surface area (Å²) in [7, 11) is 0. The molecule has 1 aromatic heterocycles. The monoisotopic (exact) mass is 332 g/mol. The van der Waals surface area contributed by atoms with Crippen molar-refractivity contribution in [2.75, 3.05) is 13.1 Å². The second-order valence-electron chi connectivity index (χ2n) is 4.31. The zero-order chi connectivity index (χ0) is 13.0. The van der Waals surface area contributed by atoms with Crippen LogP contribution in [0.1, 0.15) is 17.7 Å². The standard InChI is InChI=1S/C12H17BrN2O2S/c13-11-4-2-9(18-11)5-6-15-12(16)10-3-1-8(7-14)17-10/h2,4,8,10H,1,3,5-7,14H2,(H,15,16). The van der Waals surface area contributed by atoms with E-state index in [1.165, 1.54) is 4.88 Å². The molecular formula is C12H17BrN2O2S. The first-order valence-electron chi connectivity index (χ1n) is 6.06. The third-order valence-corrected chi connectivity index (χ3v) is 4.65. The van der Waals surface area contributed by atoms with E-state index in [4.69, 9.17) is 10.5 Å². The number of amides is 1. The highest BCUT2D eigenvalue weighted by Gasteiger charge is 2.29. The molecule has 0 aromatic carbocycles. The molecule has 3 N–H and O–H groups in total. The number of halogens is 1. The zero-order valence-corrected chi connectivity index (χ0v) is 12.4. The number of hydrogen-bond donors (Lipinski definition) is 2. The molecule has 18 heavy (non-hydrogen) atoms. The largest absolute Gasteiger partial charge is 0.364 e. The highest BCUT2D eigenvalue weighted by Crippen LogP contribution is 2.22. The van der Waals surface area contributed by atoms with Crippen LogP contribution in [0.4, 0.5) is 0 Å². The normalized spacial score (nSPS) is 23.2. The predicted octanol–water partition coefficient (Wildman–Crippen LogP) is 1.68. The summed E-state index contributed by atoms with van der Waals surface area (Å²) in [6.45, 7) is 1.14. The van der Waals surface area contributed by atoms with E-state index in [0.717, 1.165) is 23.0 Å². The van der Waals surface area contributed by atoms with E-state index in [1.54, 1.807) is 11.3 Å². The van der Waals surface area contributed by atoms with E-state index < -0.39 is 0 Å². The van der Waals surface area contributed by atoms with E-state index in [0.29, 0.717) is 13.1 Å². The summed E-state index contributed by atoms with van der Waals surface area (Å²) in [5.41, 5.74) is 5.51. The fraction of sp³-hybridized carbons (Fsp3) is 0.583. The Morgan fingerprint density at radius 2 is 2.39 bits per heavy atom. The van der Waals surface area contributed by atoms with Crippen LogP contribution in [-0.2, 0) is 16.0 Å². The van der Waals surface area contributed by atoms with Crippen molar-refractivity contribution in [3.05, 3.63) is 20.8 Å². The van der Waals surface area contributed by atoms with Crippen LogP contribution in [0.25, 0.3) is 0 Å². The zero-order valence-electron chi connectivity index (χ0n) is 10.0. The third kappa shape index (κ3) is 3.78. The summed E-state index contributed by atoms with van der Waals surface area (Å²) >= 11 is 5.11. The summed E-state index contributed by atoms with van der Waals surface area (Å²) in [6, 6.07) is 4.09. The summed E-state index contributed by atoms with van der Waals surface area (Å²) in [6.07, 6.45) is 2.25. The molecule has 0 radical (unpaired) electrons. The number of carbonyl (C=O) groups excluding carboxylic acids is 1. The maximum Gasteiger partial charge on any atom is 0.249 e. The number of ether oxygens (including phenoxy) is 1. The first-order chi connectivity index (χ1) is 8.69. The summed E-state index contributed by atoms with van der Waals surface area (Å²) in [5.74, 6) is -0.0124. The van der Waals surface area contributed by atoms with Crippen LogP contribution >= 0.6 is 27.3 Å². The van der Waals surface area contributed by atoms with Gasteiger partial charge < -0.3 is 15.8 Å². The molecule has 6 heteroatoms. The van der Waals surface area contributed by atoms with Crippen molar-refractivity contribution in [1.29, 1.82) is 0 Å². The molecular weight excluding hydrogens is 316 g/mol. The number of hydrogen-bond acceptors (Lipinski definition) is 4. The molecule has 0 saturated carbocycles. The van der Waals surface area contributed by atoms with E-state index in [2.05, 4.69) is 27.3 Å². The molecule has 0 bridgehead atoms. The molecule has 1 aliphatic rings. The summed E-state index contributed by atoms with van der Waals surface area (Å²) < 4.78 is 6.66. The topological polar surface area (TPSA) is 64.4 Å². The number of rotatable bonds is 5. The summed E-state index contributed by atoms with van der Waals surface area (Å²) in [5, 5.41) is 2.91. The average Bonchev–Trinajstić information content (AvgIpc) is 2.98. The molecule has 0 spiro atoms. The average molecular weight is 333 g/mol. The van der Waals surface area contributed by atoms with Gasteiger partial charge in [0.15, 0.2) is 0 Å². The van der Waals surface area contributed by atoms with Gasteiger partial charge in [0.25, 0.3) is 0 Å². The number of thiophene rings is 1. The minimum absolute atomic E-state index is 0.0124. The van der Waals surface area contributed by atoms with Crippen LogP contribution in [0.3, 0.4) is 0 Å². The van der Waals surface area contributed by atoms with Gasteiger partial charge in [-0.2, -0.15) is 0 Å². The fourth-order valence-electron chi connectivity index (χ4n) is 1.98. The molecule has 2 heterocycles. The maximum absolute atomic E-state index is 11.8. The van der Waals surface area contributed by atoms with Crippen molar-refractivity contribution < 1.29 is 9.53 Å². The van der Waals surface area contributed by atoms with E-state index in [9.17, 15) is 4.79 Å². The van der Waals surface area contributed by atoms with Crippen molar-refractivity contribution in [2.45, 2.75) is 31.5 Å². The second-order valence-corrected chi connectivity index (χ2v) is 6.85. The maximum atomic E-state index is 11.8. The third-order valence-electron chi connectivity index (χ3n) is 2.96. The molecule has 1 aromatic rings. The smallest absolute Gasteiger partial charge is 0.249 e. The van der Waals surface area contributed by atoms with Gasteiger partial charge in [-0.3, -0.25) is 4.79 Å². The van der Waals surface area contributed by atoms with Gasteiger partial charge >= 0.3 is 0 Å². The highest BCUT2D eigenvalue weighted by atomic mass is 79.9. The van der Waals surface area contributed by atoms with Gasteiger partial charge in [-0.15, -0.1) is 11.3 Å². The minimum Gasteiger partial charge on any atom is -0.364 e. The van der Waals surface area contributed by atoms with Gasteiger partial charge in [0.1, 0.15) is 6.10 Å². The van der Waals surface area contributed by atoms with Crippen LogP contribution in [0.2, 0.25) is 0 Å². The highest BCUT2D eigenvalue weighted by molar-refractivity contribution is 9.11. The van der Waals surface area contributed by atoms with Crippen molar-refractivity contribution in [3.63, 3.8) is 0 Å². The second kappa shape index (κ2) is 6.65. The Bertz CT molecular complexity index is 411. The lowest BCUT2D eigenvalue weighted by atomic mass is 10.2. The Kier molecular flexibility index (Phi) is 5.17. The van der Waals surface area contributed by atoms with Crippen LogP contribution < -0.4 is 11.1 Å². The Labute approximate surface area is 119 Å². The molecule has 2 atom stereocenters. The summed E-state index contributed by atoms with van der Waals surface area (Å²) in [4.78, 5) is 13.1. The molecule has 1 aliphatic heterocycles. The lowest BCUT2D eigenvalue weighted by Gasteiger charge is -2.12. The SMILES string of the molecule is NCC1CCC(C(=O)NCCc2ccc(Br)s2)O1. The molecule has 2 unspecified atom stereocenters. The van der Waals surface area contributed by atoms with Gasteiger partial charge in [-0.25, -0.2) is 0 Å². The number of nitrogens with one attached hydrogen (secondary N) is 1. The van der Waals surface area contributed by atoms with Crippen molar-refractivity contribution in [3.8, 4) is 0 Å². The molecule has 1 amide bonds. The quantitative estimate of drug-likeness (QED) is 0.862. The van der Waals surface area contributed by atoms with Gasteiger partial charge in [-0.05, 0) is 47.3 Å². The minimum atomic E-state index is -0.311. The first kappa shape index (κ1) is 14.0. The van der Waals surface area contributed by atoms with Crippen LogP contribution in [0.5, 0.6) is 0 Å². The molecule has 1 saturated heterocycles. The molecule has 2 rings (SSSR count). The molecule has 0 aliphatic carbocycles. The van der Waals surface area contributed by atoms with E-state index in [1.807, 2.05) is 6.07 Å². The van der Waals surface area contributed by atoms with Crippen LogP contribution in [0, 0.1) is 0 Å². The Morgan fingerprint density at radius 3 is 3.00 bits per heavy atom. The van der Waals surface area contributed by atoms with Crippen LogP contribution in [-0.4, -0.2) is 31.2 Å². The van der Waals surface area contributed by atoms with Gasteiger partial charge in [-0.1, -0.05) is 0 Å². The van der Waals surface area contributed by atoms with E-state index >= 15 is 0 Å². The molecule has 1 fully saturated rings. The van der Waals surface area contributed by atoms with Gasteiger partial charge in [0.2, 0.25) is 5.91 Å².